The Balaban J connectivity index is 2.43. The SMILES string of the molecule is CC(C)(CCCl)CNCc1nc(C(C)(C)C)cs1. The van der Waals surface area contributed by atoms with E-state index < -0.39 is 0 Å². The molecule has 1 heterocycles. The highest BCUT2D eigenvalue weighted by molar-refractivity contribution is 7.09. The van der Waals surface area contributed by atoms with E-state index in [2.05, 4.69) is 50.3 Å². The van der Waals surface area contributed by atoms with Gasteiger partial charge in [0.25, 0.3) is 0 Å². The van der Waals surface area contributed by atoms with E-state index in [-0.39, 0.29) is 10.8 Å². The van der Waals surface area contributed by atoms with Crippen molar-refractivity contribution < 1.29 is 0 Å². The summed E-state index contributed by atoms with van der Waals surface area (Å²) in [5.41, 5.74) is 1.59. The van der Waals surface area contributed by atoms with E-state index in [0.717, 1.165) is 25.4 Å². The van der Waals surface area contributed by atoms with Crippen molar-refractivity contribution >= 4 is 22.9 Å². The monoisotopic (exact) mass is 288 g/mol. The van der Waals surface area contributed by atoms with Crippen molar-refractivity contribution in [1.29, 1.82) is 0 Å². The van der Waals surface area contributed by atoms with Crippen LogP contribution in [0.5, 0.6) is 0 Å². The maximum atomic E-state index is 5.80. The van der Waals surface area contributed by atoms with E-state index >= 15 is 0 Å². The zero-order valence-corrected chi connectivity index (χ0v) is 13.7. The summed E-state index contributed by atoms with van der Waals surface area (Å²) >= 11 is 7.54. The number of hydrogen-bond acceptors (Lipinski definition) is 3. The van der Waals surface area contributed by atoms with E-state index in [9.17, 15) is 0 Å². The maximum absolute atomic E-state index is 5.80. The molecule has 0 saturated carbocycles. The van der Waals surface area contributed by atoms with Gasteiger partial charge in [0, 0.05) is 29.8 Å². The van der Waals surface area contributed by atoms with Crippen LogP contribution in [0.3, 0.4) is 0 Å². The van der Waals surface area contributed by atoms with Crippen LogP contribution in [0, 0.1) is 5.41 Å². The second-order valence-corrected chi connectivity index (χ2v) is 7.90. The van der Waals surface area contributed by atoms with Gasteiger partial charge in [0.05, 0.1) is 5.69 Å². The Kier molecular flexibility index (Phi) is 5.63. The molecule has 0 saturated heterocycles. The van der Waals surface area contributed by atoms with Crippen molar-refractivity contribution in [2.24, 2.45) is 5.41 Å². The zero-order valence-electron chi connectivity index (χ0n) is 12.1. The highest BCUT2D eigenvalue weighted by Gasteiger charge is 2.18. The molecule has 4 heteroatoms. The highest BCUT2D eigenvalue weighted by atomic mass is 35.5. The molecule has 1 aromatic heterocycles. The molecule has 18 heavy (non-hydrogen) atoms. The van der Waals surface area contributed by atoms with Gasteiger partial charge < -0.3 is 5.32 Å². The van der Waals surface area contributed by atoms with Gasteiger partial charge in [0.2, 0.25) is 0 Å². The summed E-state index contributed by atoms with van der Waals surface area (Å²) in [6.07, 6.45) is 1.03. The minimum Gasteiger partial charge on any atom is -0.310 e. The van der Waals surface area contributed by atoms with Crippen molar-refractivity contribution in [3.05, 3.63) is 16.1 Å². The van der Waals surface area contributed by atoms with Crippen LogP contribution in [-0.2, 0) is 12.0 Å². The van der Waals surface area contributed by atoms with Crippen molar-refractivity contribution in [3.63, 3.8) is 0 Å². The number of alkyl halides is 1. The number of nitrogens with zero attached hydrogens (tertiary/aromatic N) is 1. The summed E-state index contributed by atoms with van der Waals surface area (Å²) in [6, 6.07) is 0. The molecule has 0 spiro atoms. The average molecular weight is 289 g/mol. The summed E-state index contributed by atoms with van der Waals surface area (Å²) in [5, 5.41) is 6.82. The van der Waals surface area contributed by atoms with Crippen LogP contribution in [0.1, 0.15) is 51.7 Å². The molecule has 0 aromatic carbocycles. The Labute approximate surface area is 120 Å². The number of rotatable bonds is 6. The van der Waals surface area contributed by atoms with Crippen LogP contribution >= 0.6 is 22.9 Å². The molecule has 0 fully saturated rings. The zero-order chi connectivity index (χ0) is 13.8. The van der Waals surface area contributed by atoms with E-state index in [1.165, 1.54) is 10.7 Å². The lowest BCUT2D eigenvalue weighted by Crippen LogP contribution is -2.29. The van der Waals surface area contributed by atoms with Gasteiger partial charge in [-0.15, -0.1) is 22.9 Å². The fourth-order valence-electron chi connectivity index (χ4n) is 1.59. The van der Waals surface area contributed by atoms with E-state index in [1.807, 2.05) is 0 Å². The van der Waals surface area contributed by atoms with Crippen molar-refractivity contribution in [2.75, 3.05) is 12.4 Å². The first-order valence-electron chi connectivity index (χ1n) is 6.46. The lowest BCUT2D eigenvalue weighted by Gasteiger charge is -2.23. The minimum atomic E-state index is 0.145. The molecule has 1 N–H and O–H groups in total. The number of halogens is 1. The van der Waals surface area contributed by atoms with Crippen molar-refractivity contribution in [2.45, 2.75) is 53.0 Å². The van der Waals surface area contributed by atoms with Crippen LogP contribution < -0.4 is 5.32 Å². The fraction of sp³-hybridized carbons (Fsp3) is 0.786. The molecular weight excluding hydrogens is 264 g/mol. The Bertz CT molecular complexity index is 366. The molecule has 0 bridgehead atoms. The molecular formula is C14H25ClN2S. The minimum absolute atomic E-state index is 0.145. The van der Waals surface area contributed by atoms with Crippen molar-refractivity contribution in [1.82, 2.24) is 10.3 Å². The molecule has 0 amide bonds. The largest absolute Gasteiger partial charge is 0.310 e. The second kappa shape index (κ2) is 6.36. The fourth-order valence-corrected chi connectivity index (χ4v) is 3.09. The topological polar surface area (TPSA) is 24.9 Å². The van der Waals surface area contributed by atoms with Crippen LogP contribution in [-0.4, -0.2) is 17.4 Å². The Morgan fingerprint density at radius 1 is 1.28 bits per heavy atom. The second-order valence-electron chi connectivity index (χ2n) is 6.58. The molecule has 0 aliphatic rings. The predicted octanol–water partition coefficient (Wildman–Crippen LogP) is 4.19. The van der Waals surface area contributed by atoms with Gasteiger partial charge in [-0.1, -0.05) is 34.6 Å². The van der Waals surface area contributed by atoms with Crippen LogP contribution in [0.25, 0.3) is 0 Å². The van der Waals surface area contributed by atoms with E-state index in [0.29, 0.717) is 0 Å². The third-order valence-electron chi connectivity index (χ3n) is 2.97. The van der Waals surface area contributed by atoms with E-state index in [1.54, 1.807) is 11.3 Å². The van der Waals surface area contributed by atoms with Gasteiger partial charge in [0.1, 0.15) is 5.01 Å². The first-order chi connectivity index (χ1) is 8.24. The summed E-state index contributed by atoms with van der Waals surface area (Å²) in [5.74, 6) is 0.722. The quantitative estimate of drug-likeness (QED) is 0.794. The third-order valence-corrected chi connectivity index (χ3v) is 4.01. The first kappa shape index (κ1) is 15.9. The number of aromatic nitrogens is 1. The lowest BCUT2D eigenvalue weighted by molar-refractivity contribution is 0.329. The van der Waals surface area contributed by atoms with Gasteiger partial charge in [-0.2, -0.15) is 0 Å². The van der Waals surface area contributed by atoms with Crippen LogP contribution in [0.4, 0.5) is 0 Å². The number of thiazole rings is 1. The summed E-state index contributed by atoms with van der Waals surface area (Å²) in [6.45, 7) is 12.9. The summed E-state index contributed by atoms with van der Waals surface area (Å²) in [4.78, 5) is 4.68. The van der Waals surface area contributed by atoms with Gasteiger partial charge in [-0.3, -0.25) is 0 Å². The average Bonchev–Trinajstić information content (AvgIpc) is 2.65. The molecule has 0 aliphatic heterocycles. The van der Waals surface area contributed by atoms with Gasteiger partial charge in [-0.05, 0) is 11.8 Å². The van der Waals surface area contributed by atoms with Gasteiger partial charge >= 0.3 is 0 Å². The standard InChI is InChI=1S/C14H25ClN2S/c1-13(2,3)11-9-18-12(17-11)8-16-10-14(4,5)6-7-15/h9,16H,6-8,10H2,1-5H3. The molecule has 2 nitrogen and oxygen atoms in total. The van der Waals surface area contributed by atoms with Gasteiger partial charge in [-0.25, -0.2) is 4.98 Å². The Morgan fingerprint density at radius 2 is 1.94 bits per heavy atom. The van der Waals surface area contributed by atoms with Crippen molar-refractivity contribution in [3.8, 4) is 0 Å². The van der Waals surface area contributed by atoms with E-state index in [4.69, 9.17) is 11.6 Å². The lowest BCUT2D eigenvalue weighted by atomic mass is 9.90. The number of hydrogen-bond donors (Lipinski definition) is 1. The first-order valence-corrected chi connectivity index (χ1v) is 7.87. The normalized spacial score (nSPS) is 13.0. The Morgan fingerprint density at radius 3 is 2.44 bits per heavy atom. The molecule has 0 aliphatic carbocycles. The van der Waals surface area contributed by atoms with Gasteiger partial charge in [0.15, 0.2) is 0 Å². The van der Waals surface area contributed by atoms with Crippen LogP contribution in [0.2, 0.25) is 0 Å². The summed E-state index contributed by atoms with van der Waals surface area (Å²) in [7, 11) is 0. The third kappa shape index (κ3) is 5.25. The molecule has 0 radical (unpaired) electrons. The number of nitrogens with one attached hydrogen (secondary N) is 1. The molecule has 1 rings (SSSR count). The van der Waals surface area contributed by atoms with Crippen LogP contribution in [0.15, 0.2) is 5.38 Å². The molecule has 104 valence electrons. The molecule has 1 aromatic rings. The Hall–Kier alpha value is -0.120. The highest BCUT2D eigenvalue weighted by Crippen LogP contribution is 2.24. The molecule has 0 unspecified atom stereocenters. The summed E-state index contributed by atoms with van der Waals surface area (Å²) < 4.78 is 0. The predicted molar refractivity (Wildman–Crippen MR) is 81.6 cm³/mol. The maximum Gasteiger partial charge on any atom is 0.107 e. The smallest absolute Gasteiger partial charge is 0.107 e. The molecule has 0 atom stereocenters.